The predicted molar refractivity (Wildman–Crippen MR) is 146 cm³/mol. The molecule has 1 fully saturated rings. The zero-order valence-electron chi connectivity index (χ0n) is 21.7. The summed E-state index contributed by atoms with van der Waals surface area (Å²) in [4.78, 5) is 19.8. The van der Waals surface area contributed by atoms with Crippen molar-refractivity contribution in [2.24, 2.45) is 0 Å². The van der Waals surface area contributed by atoms with Crippen molar-refractivity contribution < 1.29 is 17.9 Å². The quantitative estimate of drug-likeness (QED) is 0.396. The third-order valence-corrected chi connectivity index (χ3v) is 7.63. The van der Waals surface area contributed by atoms with Gasteiger partial charge in [-0.25, -0.2) is 8.42 Å². The van der Waals surface area contributed by atoms with E-state index < -0.39 is 9.84 Å². The van der Waals surface area contributed by atoms with E-state index >= 15 is 0 Å². The molecule has 0 aliphatic carbocycles. The first kappa shape index (κ1) is 27.0. The van der Waals surface area contributed by atoms with Crippen molar-refractivity contribution in [1.29, 1.82) is 0 Å². The van der Waals surface area contributed by atoms with Gasteiger partial charge < -0.3 is 10.1 Å². The molecule has 0 radical (unpaired) electrons. The van der Waals surface area contributed by atoms with Crippen LogP contribution in [0.5, 0.6) is 5.75 Å². The van der Waals surface area contributed by atoms with Gasteiger partial charge >= 0.3 is 0 Å². The lowest BCUT2D eigenvalue weighted by Crippen LogP contribution is -2.44. The number of carbonyl (C=O) groups is 1. The van der Waals surface area contributed by atoms with Crippen molar-refractivity contribution in [2.75, 3.05) is 25.9 Å². The molecule has 4 rings (SSSR count). The number of piperidine rings is 1. The van der Waals surface area contributed by atoms with Crippen LogP contribution in [0, 0.1) is 0 Å². The largest absolute Gasteiger partial charge is 0.491 e. The summed E-state index contributed by atoms with van der Waals surface area (Å²) in [6.07, 6.45) is 5.16. The van der Waals surface area contributed by atoms with E-state index in [9.17, 15) is 13.2 Å². The summed E-state index contributed by atoms with van der Waals surface area (Å²) in [6, 6.07) is 18.6. The van der Waals surface area contributed by atoms with Gasteiger partial charge in [0, 0.05) is 49.3 Å². The molecule has 8 heteroatoms. The van der Waals surface area contributed by atoms with Crippen LogP contribution in [-0.2, 0) is 16.4 Å². The van der Waals surface area contributed by atoms with Crippen LogP contribution in [0.2, 0.25) is 0 Å². The summed E-state index contributed by atoms with van der Waals surface area (Å²) in [6.45, 7) is 6.91. The summed E-state index contributed by atoms with van der Waals surface area (Å²) in [5.41, 5.74) is 3.51. The van der Waals surface area contributed by atoms with Crippen LogP contribution in [0.25, 0.3) is 11.3 Å². The summed E-state index contributed by atoms with van der Waals surface area (Å²) in [7, 11) is -3.21. The fourth-order valence-corrected chi connectivity index (χ4v) is 5.05. The third kappa shape index (κ3) is 7.71. The highest BCUT2D eigenvalue weighted by atomic mass is 32.2. The van der Waals surface area contributed by atoms with Crippen molar-refractivity contribution in [1.82, 2.24) is 15.2 Å². The van der Waals surface area contributed by atoms with Crippen LogP contribution in [0.4, 0.5) is 0 Å². The van der Waals surface area contributed by atoms with E-state index in [1.54, 1.807) is 24.3 Å². The molecule has 1 aromatic heterocycles. The fraction of sp³-hybridized carbons (Fsp3) is 0.379. The first-order valence-electron chi connectivity index (χ1n) is 12.7. The number of benzene rings is 2. The van der Waals surface area contributed by atoms with Crippen molar-refractivity contribution in [2.45, 2.75) is 50.3 Å². The summed E-state index contributed by atoms with van der Waals surface area (Å²) in [5.74, 6) is 0.922. The molecule has 1 saturated heterocycles. The summed E-state index contributed by atoms with van der Waals surface area (Å²) < 4.78 is 28.9. The third-order valence-electron chi connectivity index (χ3n) is 6.50. The molecule has 0 bridgehead atoms. The Labute approximate surface area is 219 Å². The number of Topliss-reactive ketones (excluding diaryl/α,β-unsaturated/α-hetero) is 1. The molecule has 2 heterocycles. The topological polar surface area (TPSA) is 88.6 Å². The van der Waals surface area contributed by atoms with Crippen LogP contribution in [-0.4, -0.2) is 62.1 Å². The van der Waals surface area contributed by atoms with Crippen molar-refractivity contribution >= 4 is 15.6 Å². The van der Waals surface area contributed by atoms with Gasteiger partial charge in [0.1, 0.15) is 5.75 Å². The molecule has 7 nitrogen and oxygen atoms in total. The number of hydrogen-bond donors (Lipinski definition) is 1. The van der Waals surface area contributed by atoms with Crippen molar-refractivity contribution in [3.63, 3.8) is 0 Å². The maximum Gasteiger partial charge on any atom is 0.176 e. The van der Waals surface area contributed by atoms with Crippen molar-refractivity contribution in [3.8, 4) is 17.0 Å². The molecule has 1 aliphatic heterocycles. The Balaban J connectivity index is 1.21. The number of carbonyl (C=O) groups excluding carboxylic acids is 1. The number of aromatic nitrogens is 1. The number of sulfone groups is 1. The Bertz CT molecular complexity index is 1280. The van der Waals surface area contributed by atoms with Gasteiger partial charge in [0.25, 0.3) is 0 Å². The summed E-state index contributed by atoms with van der Waals surface area (Å²) >= 11 is 0. The SMILES string of the molecule is CC(C)Oc1ccc(C(=O)CN2CCC(NCc3ccc(-c4ccc(S(C)(=O)=O)cc4)nc3)CC2)cc1. The average Bonchev–Trinajstić information content (AvgIpc) is 2.88. The van der Waals surface area contributed by atoms with Gasteiger partial charge in [-0.1, -0.05) is 18.2 Å². The lowest BCUT2D eigenvalue weighted by molar-refractivity contribution is 0.0904. The zero-order valence-corrected chi connectivity index (χ0v) is 22.5. The Morgan fingerprint density at radius 2 is 1.70 bits per heavy atom. The number of nitrogens with one attached hydrogen (secondary N) is 1. The molecule has 1 aliphatic rings. The molecule has 3 aromatic rings. The maximum absolute atomic E-state index is 12.7. The molecule has 37 heavy (non-hydrogen) atoms. The second kappa shape index (κ2) is 12.0. The molecular weight excluding hydrogens is 486 g/mol. The van der Waals surface area contributed by atoms with Gasteiger partial charge in [-0.15, -0.1) is 0 Å². The number of rotatable bonds is 10. The first-order valence-corrected chi connectivity index (χ1v) is 14.6. The van der Waals surface area contributed by atoms with Crippen molar-refractivity contribution in [3.05, 3.63) is 78.0 Å². The van der Waals surface area contributed by atoms with E-state index in [0.717, 1.165) is 60.6 Å². The van der Waals surface area contributed by atoms with Crippen LogP contribution in [0.15, 0.2) is 71.8 Å². The molecule has 0 atom stereocenters. The molecule has 0 spiro atoms. The molecule has 0 amide bonds. The number of ketones is 1. The van der Waals surface area contributed by atoms with Gasteiger partial charge in [-0.2, -0.15) is 0 Å². The standard InChI is InChI=1S/C29H35N3O4S/c1-21(2)36-26-9-5-24(6-10-26)29(33)20-32-16-14-25(15-17-32)30-18-22-4-13-28(31-19-22)23-7-11-27(12-8-23)37(3,34)35/h4-13,19,21,25,30H,14-18,20H2,1-3H3. The van der Waals surface area contributed by atoms with Crippen LogP contribution in [0.3, 0.4) is 0 Å². The normalized spacial score (nSPS) is 15.1. The highest BCUT2D eigenvalue weighted by Gasteiger charge is 2.21. The van der Waals surface area contributed by atoms with Crippen LogP contribution < -0.4 is 10.1 Å². The van der Waals surface area contributed by atoms with Gasteiger partial charge in [-0.3, -0.25) is 14.7 Å². The smallest absolute Gasteiger partial charge is 0.176 e. The maximum atomic E-state index is 12.7. The molecule has 1 N–H and O–H groups in total. The lowest BCUT2D eigenvalue weighted by Gasteiger charge is -2.32. The highest BCUT2D eigenvalue weighted by molar-refractivity contribution is 7.90. The molecular formula is C29H35N3O4S. The average molecular weight is 522 g/mol. The van der Waals surface area contributed by atoms with E-state index in [-0.39, 0.29) is 11.9 Å². The Morgan fingerprint density at radius 1 is 1.03 bits per heavy atom. The van der Waals surface area contributed by atoms with Gasteiger partial charge in [0.05, 0.1) is 23.2 Å². The Morgan fingerprint density at radius 3 is 2.27 bits per heavy atom. The van der Waals surface area contributed by atoms with E-state index in [0.29, 0.717) is 17.5 Å². The van der Waals surface area contributed by atoms with Crippen LogP contribution in [0.1, 0.15) is 42.6 Å². The van der Waals surface area contributed by atoms with Crippen LogP contribution >= 0.6 is 0 Å². The minimum Gasteiger partial charge on any atom is -0.491 e. The Hall–Kier alpha value is -3.07. The summed E-state index contributed by atoms with van der Waals surface area (Å²) in [5, 5.41) is 3.62. The number of likely N-dealkylation sites (tertiary alicyclic amines) is 1. The first-order chi connectivity index (χ1) is 17.7. The predicted octanol–water partition coefficient (Wildman–Crippen LogP) is 4.38. The molecule has 0 saturated carbocycles. The van der Waals surface area contributed by atoms with Gasteiger partial charge in [0.15, 0.2) is 15.6 Å². The second-order valence-corrected chi connectivity index (χ2v) is 11.9. The minimum atomic E-state index is -3.21. The molecule has 2 aromatic carbocycles. The fourth-order valence-electron chi connectivity index (χ4n) is 4.42. The van der Waals surface area contributed by atoms with E-state index in [2.05, 4.69) is 15.2 Å². The highest BCUT2D eigenvalue weighted by Crippen LogP contribution is 2.20. The van der Waals surface area contributed by atoms with E-state index in [1.807, 2.05) is 56.4 Å². The number of hydrogen-bond acceptors (Lipinski definition) is 7. The number of pyridine rings is 1. The second-order valence-electron chi connectivity index (χ2n) is 9.89. The number of ether oxygens (including phenoxy) is 1. The molecule has 196 valence electrons. The molecule has 0 unspecified atom stereocenters. The Kier molecular flexibility index (Phi) is 8.74. The minimum absolute atomic E-state index is 0.112. The zero-order chi connectivity index (χ0) is 26.4. The monoisotopic (exact) mass is 521 g/mol. The van der Waals surface area contributed by atoms with E-state index in [1.165, 1.54) is 6.26 Å². The van der Waals surface area contributed by atoms with Gasteiger partial charge in [-0.05, 0) is 74.7 Å². The lowest BCUT2D eigenvalue weighted by atomic mass is 10.0. The van der Waals surface area contributed by atoms with E-state index in [4.69, 9.17) is 4.74 Å². The van der Waals surface area contributed by atoms with Gasteiger partial charge in [0.2, 0.25) is 0 Å². The number of nitrogens with zero attached hydrogens (tertiary/aromatic N) is 2.